The molecule has 13 heteroatoms. The van der Waals surface area contributed by atoms with E-state index in [1.165, 1.54) is 39.6 Å². The van der Waals surface area contributed by atoms with Crippen molar-refractivity contribution >= 4 is 37.7 Å². The van der Waals surface area contributed by atoms with Crippen molar-refractivity contribution < 1.29 is 22.3 Å². The predicted molar refractivity (Wildman–Crippen MR) is 180 cm³/mol. The molecule has 0 aliphatic carbocycles. The zero-order valence-electron chi connectivity index (χ0n) is 26.6. The Balaban J connectivity index is 1.62. The molecule has 46 heavy (non-hydrogen) atoms. The number of amides is 1. The van der Waals surface area contributed by atoms with Crippen molar-refractivity contribution in [3.8, 4) is 16.8 Å². The molecule has 0 fully saturated rings. The van der Waals surface area contributed by atoms with Gasteiger partial charge in [-0.25, -0.2) is 27.1 Å². The van der Waals surface area contributed by atoms with Gasteiger partial charge in [0.05, 0.1) is 22.8 Å². The van der Waals surface area contributed by atoms with E-state index in [4.69, 9.17) is 4.74 Å². The summed E-state index contributed by atoms with van der Waals surface area (Å²) in [5, 5.41) is 7.94. The summed E-state index contributed by atoms with van der Waals surface area (Å²) in [4.78, 5) is 25.6. The lowest BCUT2D eigenvalue weighted by Crippen LogP contribution is -2.36. The normalized spacial score (nSPS) is 11.8. The SMILES string of the molecule is CCCCCNc1cc(-n2nc(CC)n(Cc3ccc(-c4ccccc4S(=O)(=O)NC(=O)OC(C)(C)C)cc3F)c2=O)ccc1Br. The molecular formula is C33H39BrFN5O5S. The van der Waals surface area contributed by atoms with E-state index in [0.717, 1.165) is 36.0 Å². The molecule has 0 saturated carbocycles. The van der Waals surface area contributed by atoms with Crippen molar-refractivity contribution in [3.63, 3.8) is 0 Å². The minimum atomic E-state index is -4.35. The maximum Gasteiger partial charge on any atom is 0.421 e. The second-order valence-electron chi connectivity index (χ2n) is 11.8. The second kappa shape index (κ2) is 14.6. The molecule has 0 unspecified atom stereocenters. The molecule has 0 aliphatic heterocycles. The number of nitrogens with one attached hydrogen (secondary N) is 2. The van der Waals surface area contributed by atoms with Crippen LogP contribution in [0.3, 0.4) is 0 Å². The van der Waals surface area contributed by atoms with Crippen molar-refractivity contribution in [2.45, 2.75) is 77.3 Å². The van der Waals surface area contributed by atoms with Gasteiger partial charge in [0.1, 0.15) is 17.2 Å². The highest BCUT2D eigenvalue weighted by Crippen LogP contribution is 2.29. The van der Waals surface area contributed by atoms with Gasteiger partial charge in [-0.05, 0) is 79.0 Å². The van der Waals surface area contributed by atoms with Crippen LogP contribution in [0, 0.1) is 5.82 Å². The fourth-order valence-corrected chi connectivity index (χ4v) is 6.31. The Morgan fingerprint density at radius 1 is 1.04 bits per heavy atom. The lowest BCUT2D eigenvalue weighted by atomic mass is 10.0. The van der Waals surface area contributed by atoms with Crippen LogP contribution in [-0.2, 0) is 27.7 Å². The van der Waals surface area contributed by atoms with Gasteiger partial charge in [-0.15, -0.1) is 5.10 Å². The molecule has 4 aromatic rings. The zero-order chi connectivity index (χ0) is 33.6. The van der Waals surface area contributed by atoms with Crippen LogP contribution in [0.25, 0.3) is 16.8 Å². The van der Waals surface area contributed by atoms with Crippen LogP contribution < -0.4 is 15.7 Å². The largest absolute Gasteiger partial charge is 0.443 e. The molecule has 0 spiro atoms. The molecule has 0 radical (unpaired) electrons. The molecule has 0 saturated heterocycles. The number of halogens is 2. The quantitative estimate of drug-likeness (QED) is 0.151. The van der Waals surface area contributed by atoms with Crippen LogP contribution in [0.15, 0.2) is 74.8 Å². The lowest BCUT2D eigenvalue weighted by molar-refractivity contribution is 0.0570. The third kappa shape index (κ3) is 8.43. The van der Waals surface area contributed by atoms with Crippen molar-refractivity contribution in [3.05, 3.63) is 92.8 Å². The van der Waals surface area contributed by atoms with Crippen molar-refractivity contribution in [2.24, 2.45) is 0 Å². The van der Waals surface area contributed by atoms with Gasteiger partial charge in [0, 0.05) is 28.6 Å². The summed E-state index contributed by atoms with van der Waals surface area (Å²) >= 11 is 3.56. The number of aryl methyl sites for hydroxylation is 1. The van der Waals surface area contributed by atoms with Crippen molar-refractivity contribution in [2.75, 3.05) is 11.9 Å². The second-order valence-corrected chi connectivity index (χ2v) is 14.3. The summed E-state index contributed by atoms with van der Waals surface area (Å²) in [6.45, 7) is 9.58. The molecule has 2 N–H and O–H groups in total. The van der Waals surface area contributed by atoms with Crippen molar-refractivity contribution in [1.82, 2.24) is 19.1 Å². The molecule has 0 aliphatic rings. The number of hydrogen-bond acceptors (Lipinski definition) is 7. The Morgan fingerprint density at radius 2 is 1.78 bits per heavy atom. The van der Waals surface area contributed by atoms with Crippen LogP contribution in [0.4, 0.5) is 14.9 Å². The fraction of sp³-hybridized carbons (Fsp3) is 0.364. The number of sulfonamides is 1. The van der Waals surface area contributed by atoms with E-state index >= 15 is 4.39 Å². The number of carbonyl (C=O) groups is 1. The smallest absolute Gasteiger partial charge is 0.421 e. The van der Waals surface area contributed by atoms with E-state index in [1.807, 2.05) is 23.8 Å². The molecule has 3 aromatic carbocycles. The van der Waals surface area contributed by atoms with E-state index in [9.17, 15) is 18.0 Å². The molecule has 246 valence electrons. The number of rotatable bonds is 12. The van der Waals surface area contributed by atoms with Crippen LogP contribution in [-0.4, -0.2) is 41.0 Å². The number of carbonyl (C=O) groups excluding carboxylic acids is 1. The summed E-state index contributed by atoms with van der Waals surface area (Å²) in [5.41, 5.74) is 0.800. The summed E-state index contributed by atoms with van der Waals surface area (Å²) < 4.78 is 52.4. The van der Waals surface area contributed by atoms with E-state index in [-0.39, 0.29) is 28.1 Å². The van der Waals surface area contributed by atoms with Gasteiger partial charge in [-0.2, -0.15) is 4.68 Å². The summed E-state index contributed by atoms with van der Waals surface area (Å²) in [6, 6.07) is 15.8. The van der Waals surface area contributed by atoms with E-state index in [1.54, 1.807) is 39.0 Å². The average Bonchev–Trinajstić information content (AvgIpc) is 3.30. The maximum atomic E-state index is 15.6. The van der Waals surface area contributed by atoms with Gasteiger partial charge < -0.3 is 10.1 Å². The first-order valence-corrected chi connectivity index (χ1v) is 17.4. The number of aromatic nitrogens is 3. The Bertz CT molecular complexity index is 1880. The Kier molecular flexibility index (Phi) is 11.1. The van der Waals surface area contributed by atoms with Gasteiger partial charge in [0.15, 0.2) is 0 Å². The first-order chi connectivity index (χ1) is 21.7. The number of benzene rings is 3. The molecular weight excluding hydrogens is 677 g/mol. The maximum absolute atomic E-state index is 15.6. The Labute approximate surface area is 277 Å². The number of anilines is 1. The molecule has 1 aromatic heterocycles. The first kappa shape index (κ1) is 34.9. The molecule has 10 nitrogen and oxygen atoms in total. The topological polar surface area (TPSA) is 124 Å². The highest BCUT2D eigenvalue weighted by Gasteiger charge is 2.26. The van der Waals surface area contributed by atoms with Gasteiger partial charge >= 0.3 is 11.8 Å². The minimum absolute atomic E-state index is 0.0765. The molecule has 4 rings (SSSR count). The highest BCUT2D eigenvalue weighted by molar-refractivity contribution is 9.10. The molecule has 0 atom stereocenters. The Hall–Kier alpha value is -3.97. The predicted octanol–water partition coefficient (Wildman–Crippen LogP) is 7.03. The number of hydrogen-bond donors (Lipinski definition) is 2. The number of nitrogens with zero attached hydrogens (tertiary/aromatic N) is 3. The van der Waals surface area contributed by atoms with Crippen LogP contribution >= 0.6 is 15.9 Å². The fourth-order valence-electron chi connectivity index (χ4n) is 4.82. The van der Waals surface area contributed by atoms with Crippen LogP contribution in [0.1, 0.15) is 65.3 Å². The van der Waals surface area contributed by atoms with Crippen LogP contribution in [0.5, 0.6) is 0 Å². The van der Waals surface area contributed by atoms with E-state index in [2.05, 4.69) is 33.3 Å². The third-order valence-electron chi connectivity index (χ3n) is 7.03. The standard InChI is InChI=1S/C33H39BrFN5O5S/c1-6-8-11-18-36-28-20-24(16-17-26(28)34)40-32(42)39(30(7-2)37-40)21-23-15-14-22(19-27(23)35)25-12-9-10-13-29(25)46(43,44)38-31(41)45-33(3,4)5/h9-10,12-17,19-20,36H,6-8,11,18,21H2,1-5H3,(H,38,41). The summed E-state index contributed by atoms with van der Waals surface area (Å²) in [6.07, 6.45) is 2.57. The van der Waals surface area contributed by atoms with Gasteiger partial charge in [0.25, 0.3) is 10.0 Å². The third-order valence-corrected chi connectivity index (χ3v) is 9.09. The first-order valence-electron chi connectivity index (χ1n) is 15.1. The minimum Gasteiger partial charge on any atom is -0.443 e. The van der Waals surface area contributed by atoms with E-state index in [0.29, 0.717) is 17.9 Å². The highest BCUT2D eigenvalue weighted by atomic mass is 79.9. The number of ether oxygens (including phenoxy) is 1. The number of unbranched alkanes of at least 4 members (excludes halogenated alkanes) is 2. The van der Waals surface area contributed by atoms with Crippen LogP contribution in [0.2, 0.25) is 0 Å². The zero-order valence-corrected chi connectivity index (χ0v) is 29.0. The molecule has 1 heterocycles. The van der Waals surface area contributed by atoms with Gasteiger partial charge in [0.2, 0.25) is 0 Å². The lowest BCUT2D eigenvalue weighted by Gasteiger charge is -2.20. The Morgan fingerprint density at radius 3 is 2.46 bits per heavy atom. The van der Waals surface area contributed by atoms with Gasteiger partial charge in [-0.3, -0.25) is 4.57 Å². The monoisotopic (exact) mass is 715 g/mol. The molecule has 0 bridgehead atoms. The van der Waals surface area contributed by atoms with E-state index < -0.39 is 33.2 Å². The average molecular weight is 717 g/mol. The molecule has 1 amide bonds. The van der Waals surface area contributed by atoms with Gasteiger partial charge in [-0.1, -0.05) is 57.0 Å². The summed E-state index contributed by atoms with van der Waals surface area (Å²) in [7, 11) is -4.35. The summed E-state index contributed by atoms with van der Waals surface area (Å²) in [5.74, 6) is -0.146. The van der Waals surface area contributed by atoms with Crippen molar-refractivity contribution in [1.29, 1.82) is 0 Å².